The highest BCUT2D eigenvalue weighted by molar-refractivity contribution is 5.89. The summed E-state index contributed by atoms with van der Waals surface area (Å²) < 4.78 is 0. The third-order valence-corrected chi connectivity index (χ3v) is 8.17. The molecule has 0 fully saturated rings. The van der Waals surface area contributed by atoms with E-state index in [-0.39, 0.29) is 23.0 Å². The van der Waals surface area contributed by atoms with E-state index in [9.17, 15) is 20.4 Å². The maximum absolute atomic E-state index is 11.2. The van der Waals surface area contributed by atoms with E-state index in [0.29, 0.717) is 22.3 Å². The molecule has 0 bridgehead atoms. The van der Waals surface area contributed by atoms with Crippen LogP contribution in [0.1, 0.15) is 22.3 Å². The summed E-state index contributed by atoms with van der Waals surface area (Å²) in [7, 11) is 0. The molecule has 4 heteroatoms. The van der Waals surface area contributed by atoms with Crippen molar-refractivity contribution in [3.05, 3.63) is 156 Å². The molecule has 6 aromatic rings. The molecule has 0 heterocycles. The van der Waals surface area contributed by atoms with Gasteiger partial charge in [-0.05, 0) is 68.8 Å². The molecule has 0 aromatic heterocycles. The van der Waals surface area contributed by atoms with Crippen molar-refractivity contribution in [1.82, 2.24) is 0 Å². The molecule has 0 aliphatic heterocycles. The maximum Gasteiger partial charge on any atom is 0.165 e. The van der Waals surface area contributed by atoms with Crippen molar-refractivity contribution in [3.63, 3.8) is 0 Å². The van der Waals surface area contributed by atoms with Crippen molar-refractivity contribution >= 4 is 0 Å². The first kappa shape index (κ1) is 24.6. The van der Waals surface area contributed by atoms with E-state index in [1.807, 2.05) is 97.1 Å². The van der Waals surface area contributed by atoms with Gasteiger partial charge in [0.25, 0.3) is 0 Å². The molecule has 4 nitrogen and oxygen atoms in total. The second-order valence-corrected chi connectivity index (χ2v) is 10.4. The normalized spacial score (nSPS) is 13.0. The number of phenols is 4. The summed E-state index contributed by atoms with van der Waals surface area (Å²) in [5, 5.41) is 44.3. The van der Waals surface area contributed by atoms with Gasteiger partial charge < -0.3 is 20.4 Å². The summed E-state index contributed by atoms with van der Waals surface area (Å²) in [4.78, 5) is 0. The molecule has 4 N–H and O–H groups in total. The van der Waals surface area contributed by atoms with Gasteiger partial charge in [0.15, 0.2) is 23.0 Å². The fourth-order valence-electron chi connectivity index (χ4n) is 6.37. The average molecular weight is 535 g/mol. The van der Waals surface area contributed by atoms with Gasteiger partial charge in [0, 0.05) is 11.1 Å². The van der Waals surface area contributed by atoms with Crippen LogP contribution in [-0.2, 0) is 5.41 Å². The number of phenolic OH excluding ortho intramolecular Hbond substituents is 4. The molecule has 1 aliphatic rings. The summed E-state index contributed by atoms with van der Waals surface area (Å²) in [6, 6.07) is 42.2. The Hall–Kier alpha value is -5.48. The number of rotatable bonds is 4. The molecule has 0 spiro atoms. The number of hydrogen-bond donors (Lipinski definition) is 4. The Morgan fingerprint density at radius 1 is 0.366 bits per heavy atom. The van der Waals surface area contributed by atoms with Gasteiger partial charge in [0.1, 0.15) is 0 Å². The Labute approximate surface area is 237 Å². The molecular weight excluding hydrogens is 508 g/mol. The lowest BCUT2D eigenvalue weighted by molar-refractivity contribution is 0.403. The third kappa shape index (κ3) is 3.61. The van der Waals surface area contributed by atoms with Crippen LogP contribution in [0.4, 0.5) is 0 Å². The smallest absolute Gasteiger partial charge is 0.165 e. The summed E-state index contributed by atoms with van der Waals surface area (Å²) in [6.45, 7) is 0. The summed E-state index contributed by atoms with van der Waals surface area (Å²) in [6.07, 6.45) is 0. The van der Waals surface area contributed by atoms with Gasteiger partial charge >= 0.3 is 0 Å². The van der Waals surface area contributed by atoms with Crippen molar-refractivity contribution in [3.8, 4) is 56.4 Å². The fourth-order valence-corrected chi connectivity index (χ4v) is 6.37. The van der Waals surface area contributed by atoms with Gasteiger partial charge in [-0.2, -0.15) is 0 Å². The summed E-state index contributed by atoms with van der Waals surface area (Å²) in [5.41, 5.74) is 6.95. The molecule has 0 radical (unpaired) electrons. The Morgan fingerprint density at radius 3 is 1.15 bits per heavy atom. The van der Waals surface area contributed by atoms with Gasteiger partial charge in [0.05, 0.1) is 5.41 Å². The van der Waals surface area contributed by atoms with Crippen LogP contribution in [-0.4, -0.2) is 20.4 Å². The molecule has 0 saturated heterocycles. The van der Waals surface area contributed by atoms with Crippen LogP contribution in [0.2, 0.25) is 0 Å². The van der Waals surface area contributed by atoms with Gasteiger partial charge in [-0.3, -0.25) is 0 Å². The van der Waals surface area contributed by atoms with E-state index >= 15 is 0 Å². The molecule has 0 atom stereocenters. The van der Waals surface area contributed by atoms with Gasteiger partial charge in [0.2, 0.25) is 0 Å². The van der Waals surface area contributed by atoms with Gasteiger partial charge in [-0.25, -0.2) is 0 Å². The van der Waals surface area contributed by atoms with E-state index in [1.54, 1.807) is 12.1 Å². The van der Waals surface area contributed by atoms with Crippen molar-refractivity contribution in [1.29, 1.82) is 0 Å². The number of benzene rings is 6. The first-order chi connectivity index (χ1) is 20.0. The highest BCUT2D eigenvalue weighted by Gasteiger charge is 2.47. The zero-order valence-corrected chi connectivity index (χ0v) is 22.0. The standard InChI is InChI=1S/C37H26O4/c38-33-21-25(19-29(35(33)40)23-11-3-1-4-12-23)37(31-17-9-7-15-27(31)28-16-8-10-18-32(28)37)26-20-30(36(41)34(39)22-26)24-13-5-2-6-14-24/h1-22,38-41H. The number of fused-ring (bicyclic) bond motifs is 3. The second kappa shape index (κ2) is 9.32. The largest absolute Gasteiger partial charge is 0.504 e. The molecule has 6 aromatic carbocycles. The summed E-state index contributed by atoms with van der Waals surface area (Å²) >= 11 is 0. The minimum absolute atomic E-state index is 0.201. The Morgan fingerprint density at radius 2 is 0.732 bits per heavy atom. The zero-order valence-electron chi connectivity index (χ0n) is 22.0. The Balaban J connectivity index is 1.63. The van der Waals surface area contributed by atoms with E-state index in [2.05, 4.69) is 24.3 Å². The van der Waals surface area contributed by atoms with Crippen LogP contribution in [0.3, 0.4) is 0 Å². The molecule has 7 rings (SSSR count). The van der Waals surface area contributed by atoms with E-state index in [0.717, 1.165) is 33.4 Å². The van der Waals surface area contributed by atoms with Crippen molar-refractivity contribution < 1.29 is 20.4 Å². The van der Waals surface area contributed by atoms with Crippen molar-refractivity contribution in [2.45, 2.75) is 5.41 Å². The number of hydrogen-bond acceptors (Lipinski definition) is 4. The lowest BCUT2D eigenvalue weighted by atomic mass is 9.66. The van der Waals surface area contributed by atoms with Crippen LogP contribution < -0.4 is 0 Å². The quantitative estimate of drug-likeness (QED) is 0.172. The van der Waals surface area contributed by atoms with Crippen molar-refractivity contribution in [2.24, 2.45) is 0 Å². The highest BCUT2D eigenvalue weighted by atomic mass is 16.3. The molecule has 0 unspecified atom stereocenters. The van der Waals surface area contributed by atoms with Crippen LogP contribution >= 0.6 is 0 Å². The van der Waals surface area contributed by atoms with E-state index in [4.69, 9.17) is 0 Å². The molecule has 0 saturated carbocycles. The summed E-state index contributed by atoms with van der Waals surface area (Å²) in [5.74, 6) is -0.885. The first-order valence-electron chi connectivity index (χ1n) is 13.4. The molecular formula is C37H26O4. The monoisotopic (exact) mass is 534 g/mol. The molecule has 0 amide bonds. The van der Waals surface area contributed by atoms with Crippen molar-refractivity contribution in [2.75, 3.05) is 0 Å². The molecule has 41 heavy (non-hydrogen) atoms. The van der Waals surface area contributed by atoms with Crippen LogP contribution in [0, 0.1) is 0 Å². The topological polar surface area (TPSA) is 80.9 Å². The zero-order chi connectivity index (χ0) is 28.1. The van der Waals surface area contributed by atoms with Crippen LogP contribution in [0.15, 0.2) is 133 Å². The highest BCUT2D eigenvalue weighted by Crippen LogP contribution is 2.59. The Kier molecular flexibility index (Phi) is 5.58. The minimum atomic E-state index is -0.989. The SMILES string of the molecule is Oc1cc(C2(c3cc(O)c(O)c(-c4ccccc4)c3)c3ccccc3-c3ccccc32)cc(-c2ccccc2)c1O. The predicted octanol–water partition coefficient (Wildman–Crippen LogP) is 8.21. The van der Waals surface area contributed by atoms with Crippen LogP contribution in [0.25, 0.3) is 33.4 Å². The maximum atomic E-state index is 11.2. The second-order valence-electron chi connectivity index (χ2n) is 10.4. The Bertz CT molecular complexity index is 1780. The molecule has 1 aliphatic carbocycles. The van der Waals surface area contributed by atoms with E-state index < -0.39 is 5.41 Å². The molecule has 198 valence electrons. The lowest BCUT2D eigenvalue weighted by Crippen LogP contribution is -2.28. The lowest BCUT2D eigenvalue weighted by Gasteiger charge is -2.35. The van der Waals surface area contributed by atoms with Gasteiger partial charge in [-0.15, -0.1) is 0 Å². The van der Waals surface area contributed by atoms with Gasteiger partial charge in [-0.1, -0.05) is 109 Å². The van der Waals surface area contributed by atoms with Crippen LogP contribution in [0.5, 0.6) is 23.0 Å². The predicted molar refractivity (Wildman–Crippen MR) is 161 cm³/mol. The fraction of sp³-hybridized carbons (Fsp3) is 0.0270. The minimum Gasteiger partial charge on any atom is -0.504 e. The number of aromatic hydroxyl groups is 4. The average Bonchev–Trinajstić information content (AvgIpc) is 3.32. The van der Waals surface area contributed by atoms with E-state index in [1.165, 1.54) is 0 Å². The first-order valence-corrected chi connectivity index (χ1v) is 13.4. The third-order valence-electron chi connectivity index (χ3n) is 8.17.